The predicted octanol–water partition coefficient (Wildman–Crippen LogP) is 2.39. The van der Waals surface area contributed by atoms with Gasteiger partial charge in [-0.2, -0.15) is 0 Å². The number of hydrogen-bond acceptors (Lipinski definition) is 1. The Morgan fingerprint density at radius 1 is 1.27 bits per heavy atom. The van der Waals surface area contributed by atoms with Crippen LogP contribution in [0.5, 0.6) is 0 Å². The summed E-state index contributed by atoms with van der Waals surface area (Å²) in [6.07, 6.45) is 1.85. The molecule has 0 aliphatic carbocycles. The van der Waals surface area contributed by atoms with Crippen LogP contribution in [0, 0.1) is 3.57 Å². The fourth-order valence-corrected chi connectivity index (χ4v) is 2.34. The van der Waals surface area contributed by atoms with Gasteiger partial charge in [0.1, 0.15) is 0 Å². The van der Waals surface area contributed by atoms with Crippen molar-refractivity contribution in [3.63, 3.8) is 0 Å². The van der Waals surface area contributed by atoms with Crippen molar-refractivity contribution in [2.75, 3.05) is 0 Å². The molecule has 0 unspecified atom stereocenters. The molecule has 0 radical (unpaired) electrons. The number of amides is 1. The Hall–Kier alpha value is -1.30. The Morgan fingerprint density at radius 2 is 2.07 bits per heavy atom. The van der Waals surface area contributed by atoms with Gasteiger partial charge in [-0.05, 0) is 40.8 Å². The van der Waals surface area contributed by atoms with Crippen LogP contribution in [-0.4, -0.2) is 10.9 Å². The minimum absolute atomic E-state index is 0.396. The summed E-state index contributed by atoms with van der Waals surface area (Å²) >= 11 is 2.14. The van der Waals surface area contributed by atoms with Crippen LogP contribution in [0.25, 0.3) is 11.3 Å². The topological polar surface area (TPSA) is 58.9 Å². The van der Waals surface area contributed by atoms with Crippen LogP contribution in [0.4, 0.5) is 0 Å². The number of carbonyl (C=O) groups is 1. The van der Waals surface area contributed by atoms with Gasteiger partial charge in [0.2, 0.25) is 5.91 Å². The lowest BCUT2D eigenvalue weighted by atomic mass is 10.1. The lowest BCUT2D eigenvalue weighted by Crippen LogP contribution is -2.13. The van der Waals surface area contributed by atoms with Gasteiger partial charge >= 0.3 is 0 Å². The van der Waals surface area contributed by atoms with Gasteiger partial charge in [0.05, 0.1) is 5.56 Å². The molecule has 2 aromatic rings. The van der Waals surface area contributed by atoms with Crippen molar-refractivity contribution in [1.29, 1.82) is 0 Å². The average Bonchev–Trinajstić information content (AvgIpc) is 2.70. The number of carbonyl (C=O) groups excluding carboxylic acids is 1. The Balaban J connectivity index is 2.59. The fourth-order valence-electron chi connectivity index (χ4n) is 1.43. The Bertz CT molecular complexity index is 491. The van der Waals surface area contributed by atoms with Gasteiger partial charge < -0.3 is 10.7 Å². The first-order valence-electron chi connectivity index (χ1n) is 4.42. The maximum absolute atomic E-state index is 11.2. The Morgan fingerprint density at radius 3 is 2.67 bits per heavy atom. The number of nitrogens with one attached hydrogen (secondary N) is 1. The minimum atomic E-state index is -0.396. The first-order chi connectivity index (χ1) is 7.20. The molecule has 1 aromatic heterocycles. The van der Waals surface area contributed by atoms with E-state index < -0.39 is 5.91 Å². The molecule has 76 valence electrons. The monoisotopic (exact) mass is 312 g/mol. The van der Waals surface area contributed by atoms with E-state index in [0.29, 0.717) is 5.56 Å². The fraction of sp³-hybridized carbons (Fsp3) is 0. The molecular weight excluding hydrogens is 303 g/mol. The third kappa shape index (κ3) is 1.90. The van der Waals surface area contributed by atoms with Gasteiger partial charge in [0.15, 0.2) is 0 Å². The molecule has 0 aliphatic heterocycles. The zero-order valence-corrected chi connectivity index (χ0v) is 9.99. The lowest BCUT2D eigenvalue weighted by Gasteiger charge is -2.05. The quantitative estimate of drug-likeness (QED) is 0.822. The summed E-state index contributed by atoms with van der Waals surface area (Å²) in [5.74, 6) is -0.396. The molecule has 0 fully saturated rings. The normalized spacial score (nSPS) is 10.2. The molecule has 0 spiro atoms. The van der Waals surface area contributed by atoms with E-state index in [1.165, 1.54) is 0 Å². The summed E-state index contributed by atoms with van der Waals surface area (Å²) < 4.78 is 0.880. The standard InChI is InChI=1S/C11H9IN2O/c12-10-7(9-5-2-6-14-9)3-1-4-8(10)11(13)15/h1-6,14H,(H2,13,15). The molecule has 0 saturated carbocycles. The van der Waals surface area contributed by atoms with Crippen molar-refractivity contribution in [1.82, 2.24) is 4.98 Å². The first kappa shape index (κ1) is 10.2. The number of primary amides is 1. The number of benzene rings is 1. The first-order valence-corrected chi connectivity index (χ1v) is 5.50. The van der Waals surface area contributed by atoms with Crippen LogP contribution in [0.2, 0.25) is 0 Å². The molecule has 3 nitrogen and oxygen atoms in total. The van der Waals surface area contributed by atoms with Gasteiger partial charge in [0, 0.05) is 21.0 Å². The van der Waals surface area contributed by atoms with Crippen LogP contribution in [-0.2, 0) is 0 Å². The van der Waals surface area contributed by atoms with E-state index in [1.807, 2.05) is 30.5 Å². The van der Waals surface area contributed by atoms with Crippen molar-refractivity contribution >= 4 is 28.5 Å². The van der Waals surface area contributed by atoms with E-state index in [2.05, 4.69) is 27.6 Å². The molecule has 0 atom stereocenters. The van der Waals surface area contributed by atoms with E-state index >= 15 is 0 Å². The molecule has 1 aromatic carbocycles. The maximum atomic E-state index is 11.2. The third-order valence-electron chi connectivity index (χ3n) is 2.15. The summed E-state index contributed by atoms with van der Waals surface area (Å²) in [7, 11) is 0. The van der Waals surface area contributed by atoms with Crippen molar-refractivity contribution in [3.8, 4) is 11.3 Å². The van der Waals surface area contributed by atoms with Crippen molar-refractivity contribution in [2.24, 2.45) is 5.73 Å². The van der Waals surface area contributed by atoms with Gasteiger partial charge in [-0.3, -0.25) is 4.79 Å². The van der Waals surface area contributed by atoms with Crippen molar-refractivity contribution in [2.45, 2.75) is 0 Å². The second-order valence-electron chi connectivity index (χ2n) is 3.12. The second-order valence-corrected chi connectivity index (χ2v) is 4.19. The molecule has 0 aliphatic rings. The van der Waals surface area contributed by atoms with Crippen molar-refractivity contribution < 1.29 is 4.79 Å². The largest absolute Gasteiger partial charge is 0.366 e. The van der Waals surface area contributed by atoms with Gasteiger partial charge in [0.25, 0.3) is 0 Å². The van der Waals surface area contributed by atoms with Crippen LogP contribution >= 0.6 is 22.6 Å². The van der Waals surface area contributed by atoms with E-state index in [0.717, 1.165) is 14.8 Å². The summed E-state index contributed by atoms with van der Waals surface area (Å²) in [6, 6.07) is 9.40. The molecule has 0 bridgehead atoms. The summed E-state index contributed by atoms with van der Waals surface area (Å²) in [5, 5.41) is 0. The highest BCUT2D eigenvalue weighted by Crippen LogP contribution is 2.26. The van der Waals surface area contributed by atoms with Crippen molar-refractivity contribution in [3.05, 3.63) is 45.7 Å². The van der Waals surface area contributed by atoms with E-state index in [-0.39, 0.29) is 0 Å². The number of rotatable bonds is 2. The molecule has 4 heteroatoms. The van der Waals surface area contributed by atoms with Crippen LogP contribution in [0.1, 0.15) is 10.4 Å². The summed E-state index contributed by atoms with van der Waals surface area (Å²) in [6.45, 7) is 0. The maximum Gasteiger partial charge on any atom is 0.249 e. The zero-order chi connectivity index (χ0) is 10.8. The van der Waals surface area contributed by atoms with Gasteiger partial charge in [-0.1, -0.05) is 12.1 Å². The second kappa shape index (κ2) is 4.06. The van der Waals surface area contributed by atoms with Crippen LogP contribution in [0.15, 0.2) is 36.5 Å². The smallest absolute Gasteiger partial charge is 0.249 e. The Kier molecular flexibility index (Phi) is 2.77. The molecule has 0 saturated heterocycles. The molecule has 2 rings (SSSR count). The van der Waals surface area contributed by atoms with Gasteiger partial charge in [-0.25, -0.2) is 0 Å². The van der Waals surface area contributed by atoms with Crippen LogP contribution in [0.3, 0.4) is 0 Å². The lowest BCUT2D eigenvalue weighted by molar-refractivity contribution is 0.0999. The van der Waals surface area contributed by atoms with E-state index in [1.54, 1.807) is 6.07 Å². The van der Waals surface area contributed by atoms with E-state index in [9.17, 15) is 4.79 Å². The molecule has 15 heavy (non-hydrogen) atoms. The third-order valence-corrected chi connectivity index (χ3v) is 3.31. The highest BCUT2D eigenvalue weighted by molar-refractivity contribution is 14.1. The number of halogens is 1. The summed E-state index contributed by atoms with van der Waals surface area (Å²) in [5.41, 5.74) is 7.83. The van der Waals surface area contributed by atoms with Crippen LogP contribution < -0.4 is 5.73 Å². The number of aromatic nitrogens is 1. The molecule has 3 N–H and O–H groups in total. The number of aromatic amines is 1. The zero-order valence-electron chi connectivity index (χ0n) is 7.83. The number of H-pyrrole nitrogens is 1. The number of hydrogen-bond donors (Lipinski definition) is 2. The highest BCUT2D eigenvalue weighted by Gasteiger charge is 2.11. The average molecular weight is 312 g/mol. The summed E-state index contributed by atoms with van der Waals surface area (Å²) in [4.78, 5) is 14.3. The number of nitrogens with two attached hydrogens (primary N) is 1. The molecule has 1 heterocycles. The van der Waals surface area contributed by atoms with E-state index in [4.69, 9.17) is 5.73 Å². The highest BCUT2D eigenvalue weighted by atomic mass is 127. The predicted molar refractivity (Wildman–Crippen MR) is 67.5 cm³/mol. The Labute approximate surface area is 101 Å². The molecule has 1 amide bonds. The minimum Gasteiger partial charge on any atom is -0.366 e. The van der Waals surface area contributed by atoms with Gasteiger partial charge in [-0.15, -0.1) is 0 Å². The SMILES string of the molecule is NC(=O)c1cccc(-c2ccc[nH]2)c1I. The molecular formula is C11H9IN2O.